The summed E-state index contributed by atoms with van der Waals surface area (Å²) >= 11 is 0. The van der Waals surface area contributed by atoms with Crippen LogP contribution >= 0.6 is 0 Å². The van der Waals surface area contributed by atoms with Gasteiger partial charge in [0.15, 0.2) is 0 Å². The molecule has 0 radical (unpaired) electrons. The molecule has 1 rings (SSSR count). The number of carbonyl (C=O) groups excluding carboxylic acids is 4. The highest BCUT2D eigenvalue weighted by Crippen LogP contribution is 2.10. The number of nitrogens with one attached hydrogen (secondary N) is 3. The van der Waals surface area contributed by atoms with Gasteiger partial charge < -0.3 is 20.1 Å². The minimum absolute atomic E-state index is 0.0588. The van der Waals surface area contributed by atoms with Gasteiger partial charge in [-0.1, -0.05) is 12.1 Å². The van der Waals surface area contributed by atoms with E-state index in [9.17, 15) is 19.2 Å². The summed E-state index contributed by atoms with van der Waals surface area (Å²) in [5.74, 6) is -1.80. The zero-order valence-corrected chi connectivity index (χ0v) is 16.8. The Morgan fingerprint density at radius 3 is 2.18 bits per heavy atom. The zero-order valence-electron chi connectivity index (χ0n) is 16.8. The van der Waals surface area contributed by atoms with Crippen molar-refractivity contribution in [2.45, 2.75) is 52.8 Å². The minimum atomic E-state index is -1.53. The second-order valence-electron chi connectivity index (χ2n) is 6.93. The predicted octanol–water partition coefficient (Wildman–Crippen LogP) is 1.72. The van der Waals surface area contributed by atoms with E-state index in [1.807, 2.05) is 0 Å². The molecule has 1 atom stereocenters. The lowest BCUT2D eigenvalue weighted by Gasteiger charge is -2.22. The van der Waals surface area contributed by atoms with Crippen molar-refractivity contribution in [2.24, 2.45) is 0 Å². The first-order valence-electron chi connectivity index (χ1n) is 8.82. The van der Waals surface area contributed by atoms with E-state index >= 15 is 0 Å². The molecule has 1 aromatic carbocycles. The molecule has 0 spiro atoms. The number of ether oxygens (including phenoxy) is 2. The number of carbonyl (C=O) groups is 4. The number of alkyl carbamates (subject to hydrolysis) is 1. The largest absolute Gasteiger partial charge is 0.464 e. The molecule has 28 heavy (non-hydrogen) atoms. The van der Waals surface area contributed by atoms with E-state index in [2.05, 4.69) is 16.0 Å². The molecule has 0 aliphatic heterocycles. The fourth-order valence-electron chi connectivity index (χ4n) is 2.08. The maximum Gasteiger partial charge on any atom is 0.408 e. The molecule has 9 nitrogen and oxygen atoms in total. The minimum Gasteiger partial charge on any atom is -0.464 e. The van der Waals surface area contributed by atoms with Gasteiger partial charge in [0.25, 0.3) is 5.91 Å². The summed E-state index contributed by atoms with van der Waals surface area (Å²) in [5, 5.41) is 7.43. The molecule has 0 unspecified atom stereocenters. The SMILES string of the molecule is CCOC(=O)[C@@H](NC(=O)OC(C)(C)C)C(=O)NCc1ccc(NC(C)=O)cc1. The summed E-state index contributed by atoms with van der Waals surface area (Å²) < 4.78 is 9.93. The molecular formula is C19H27N3O6. The van der Waals surface area contributed by atoms with Crippen molar-refractivity contribution in [1.82, 2.24) is 10.6 Å². The number of esters is 1. The van der Waals surface area contributed by atoms with E-state index in [1.165, 1.54) is 6.92 Å². The summed E-state index contributed by atoms with van der Waals surface area (Å²) in [6, 6.07) is 5.27. The second kappa shape index (κ2) is 10.3. The van der Waals surface area contributed by atoms with E-state index in [1.54, 1.807) is 52.0 Å². The van der Waals surface area contributed by atoms with Gasteiger partial charge in [0, 0.05) is 19.2 Å². The highest BCUT2D eigenvalue weighted by atomic mass is 16.6. The first-order valence-corrected chi connectivity index (χ1v) is 8.82. The molecule has 3 N–H and O–H groups in total. The summed E-state index contributed by atoms with van der Waals surface area (Å²) in [6.07, 6.45) is -0.902. The predicted molar refractivity (Wildman–Crippen MR) is 102 cm³/mol. The summed E-state index contributed by atoms with van der Waals surface area (Å²) in [7, 11) is 0. The normalized spacial score (nSPS) is 11.8. The fraction of sp³-hybridized carbons (Fsp3) is 0.474. The number of amides is 3. The van der Waals surface area contributed by atoms with Crippen LogP contribution in [0, 0.1) is 0 Å². The summed E-state index contributed by atoms with van der Waals surface area (Å²) in [5.41, 5.74) is 0.580. The molecule has 1 aromatic rings. The van der Waals surface area contributed by atoms with Crippen molar-refractivity contribution in [2.75, 3.05) is 11.9 Å². The summed E-state index contributed by atoms with van der Waals surface area (Å²) in [4.78, 5) is 47.4. The van der Waals surface area contributed by atoms with Crippen LogP contribution < -0.4 is 16.0 Å². The third kappa shape index (κ3) is 8.52. The van der Waals surface area contributed by atoms with Gasteiger partial charge in [0.1, 0.15) is 5.60 Å². The molecule has 0 aliphatic rings. The molecule has 0 saturated heterocycles. The molecule has 0 fully saturated rings. The van der Waals surface area contributed by atoms with Gasteiger partial charge in [-0.3, -0.25) is 14.9 Å². The molecule has 0 bridgehead atoms. The number of hydrogen-bond donors (Lipinski definition) is 3. The van der Waals surface area contributed by atoms with Crippen molar-refractivity contribution in [1.29, 1.82) is 0 Å². The van der Waals surface area contributed by atoms with E-state index in [0.717, 1.165) is 5.56 Å². The van der Waals surface area contributed by atoms with Gasteiger partial charge in [-0.2, -0.15) is 0 Å². The quantitative estimate of drug-likeness (QED) is 0.479. The molecule has 0 aliphatic carbocycles. The first kappa shape index (κ1) is 22.9. The number of hydrogen-bond acceptors (Lipinski definition) is 6. The van der Waals surface area contributed by atoms with E-state index < -0.39 is 29.6 Å². The lowest BCUT2D eigenvalue weighted by Crippen LogP contribution is -2.52. The molecule has 0 aromatic heterocycles. The van der Waals surface area contributed by atoms with Crippen LogP contribution in [0.15, 0.2) is 24.3 Å². The zero-order chi connectivity index (χ0) is 21.3. The van der Waals surface area contributed by atoms with Crippen LogP contribution in [0.25, 0.3) is 0 Å². The van der Waals surface area contributed by atoms with Crippen molar-refractivity contribution < 1.29 is 28.7 Å². The van der Waals surface area contributed by atoms with Crippen LogP contribution in [0.5, 0.6) is 0 Å². The van der Waals surface area contributed by atoms with Crippen molar-refractivity contribution in [3.05, 3.63) is 29.8 Å². The lowest BCUT2D eigenvalue weighted by atomic mass is 10.2. The highest BCUT2D eigenvalue weighted by Gasteiger charge is 2.31. The van der Waals surface area contributed by atoms with Gasteiger partial charge in [-0.05, 0) is 45.4 Å². The van der Waals surface area contributed by atoms with E-state index in [0.29, 0.717) is 5.69 Å². The van der Waals surface area contributed by atoms with E-state index in [4.69, 9.17) is 9.47 Å². The van der Waals surface area contributed by atoms with Crippen LogP contribution in [0.1, 0.15) is 40.2 Å². The van der Waals surface area contributed by atoms with Crippen molar-refractivity contribution >= 4 is 29.6 Å². The monoisotopic (exact) mass is 393 g/mol. The Morgan fingerprint density at radius 1 is 1.07 bits per heavy atom. The maximum atomic E-state index is 12.4. The van der Waals surface area contributed by atoms with Crippen LogP contribution in [-0.4, -0.2) is 42.1 Å². The molecule has 0 heterocycles. The molecule has 9 heteroatoms. The van der Waals surface area contributed by atoms with Gasteiger partial charge in [0.2, 0.25) is 11.9 Å². The Labute approximate surface area is 164 Å². The van der Waals surface area contributed by atoms with Crippen molar-refractivity contribution in [3.8, 4) is 0 Å². The Hall–Kier alpha value is -3.10. The Bertz CT molecular complexity index is 709. The molecular weight excluding hydrogens is 366 g/mol. The average molecular weight is 393 g/mol. The van der Waals surface area contributed by atoms with Crippen molar-refractivity contribution in [3.63, 3.8) is 0 Å². The van der Waals surface area contributed by atoms with Crippen LogP contribution in [0.3, 0.4) is 0 Å². The number of benzene rings is 1. The molecule has 154 valence electrons. The van der Waals surface area contributed by atoms with Gasteiger partial charge in [0.05, 0.1) is 6.61 Å². The van der Waals surface area contributed by atoms with Crippen LogP contribution in [-0.2, 0) is 30.4 Å². The van der Waals surface area contributed by atoms with Gasteiger partial charge >= 0.3 is 12.1 Å². The third-order valence-electron chi connectivity index (χ3n) is 3.19. The number of anilines is 1. The van der Waals surface area contributed by atoms with Crippen LogP contribution in [0.4, 0.5) is 10.5 Å². The molecule has 0 saturated carbocycles. The maximum absolute atomic E-state index is 12.4. The lowest BCUT2D eigenvalue weighted by molar-refractivity contribution is -0.149. The Balaban J connectivity index is 2.73. The van der Waals surface area contributed by atoms with Crippen LogP contribution in [0.2, 0.25) is 0 Å². The number of rotatable bonds is 7. The fourth-order valence-corrected chi connectivity index (χ4v) is 2.08. The second-order valence-corrected chi connectivity index (χ2v) is 6.93. The highest BCUT2D eigenvalue weighted by molar-refractivity contribution is 6.04. The molecule has 3 amide bonds. The topological polar surface area (TPSA) is 123 Å². The van der Waals surface area contributed by atoms with Gasteiger partial charge in [-0.15, -0.1) is 0 Å². The standard InChI is InChI=1S/C19H27N3O6/c1-6-27-17(25)15(22-18(26)28-19(3,4)5)16(24)20-11-13-7-9-14(10-8-13)21-12(2)23/h7-10,15H,6,11H2,1-5H3,(H,20,24)(H,21,23)(H,22,26)/t15-/m0/s1. The Kier molecular flexibility index (Phi) is 8.43. The average Bonchev–Trinajstić information content (AvgIpc) is 2.57. The van der Waals surface area contributed by atoms with E-state index in [-0.39, 0.29) is 19.1 Å². The van der Waals surface area contributed by atoms with Gasteiger partial charge in [-0.25, -0.2) is 9.59 Å². The summed E-state index contributed by atoms with van der Waals surface area (Å²) in [6.45, 7) is 8.16. The smallest absolute Gasteiger partial charge is 0.408 e. The first-order chi connectivity index (χ1) is 13.0. The third-order valence-corrected chi connectivity index (χ3v) is 3.19. The Morgan fingerprint density at radius 2 is 1.68 bits per heavy atom.